The van der Waals surface area contributed by atoms with Gasteiger partial charge in [0, 0.05) is 32.0 Å². The van der Waals surface area contributed by atoms with Gasteiger partial charge in [-0.05, 0) is 92.1 Å². The molecule has 2 aromatic carbocycles. The fourth-order valence-electron chi connectivity index (χ4n) is 10.6. The van der Waals surface area contributed by atoms with E-state index in [4.69, 9.17) is 0 Å². The van der Waals surface area contributed by atoms with Crippen LogP contribution in [0.5, 0.6) is 0 Å². The first-order chi connectivity index (χ1) is 36.6. The van der Waals surface area contributed by atoms with Crippen molar-refractivity contribution in [3.63, 3.8) is 0 Å². The van der Waals surface area contributed by atoms with Gasteiger partial charge in [-0.15, -0.1) is 0 Å². The third-order valence-corrected chi connectivity index (χ3v) is 15.5. The number of carbonyl (C=O) groups is 9. The van der Waals surface area contributed by atoms with E-state index < -0.39 is 119 Å². The van der Waals surface area contributed by atoms with E-state index in [9.17, 15) is 43.2 Å². The summed E-state index contributed by atoms with van der Waals surface area (Å²) in [7, 11) is 0. The van der Waals surface area contributed by atoms with E-state index in [2.05, 4.69) is 37.2 Å². The van der Waals surface area contributed by atoms with Crippen LogP contribution in [0.1, 0.15) is 145 Å². The number of hydrogen-bond acceptors (Lipinski definition) is 9. The van der Waals surface area contributed by atoms with E-state index in [0.717, 1.165) is 11.1 Å². The molecule has 18 heteroatoms. The second-order valence-electron chi connectivity index (χ2n) is 23.0. The Hall–Kier alpha value is -6.33. The van der Waals surface area contributed by atoms with E-state index >= 15 is 0 Å². The molecule has 0 aliphatic carbocycles. The Kier molecular flexibility index (Phi) is 23.5. The maximum Gasteiger partial charge on any atom is 0.246 e. The maximum atomic E-state index is 14.7. The molecule has 0 radical (unpaired) electrons. The van der Waals surface area contributed by atoms with Gasteiger partial charge >= 0.3 is 0 Å². The fraction of sp³-hybridized carbons (Fsp3) is 0.644. The number of benzene rings is 2. The Morgan fingerprint density at radius 2 is 0.896 bits per heavy atom. The highest BCUT2D eigenvalue weighted by molar-refractivity contribution is 5.99. The van der Waals surface area contributed by atoms with Crippen LogP contribution in [0, 0.1) is 29.6 Å². The minimum absolute atomic E-state index is 0.0443. The van der Waals surface area contributed by atoms with Gasteiger partial charge in [-0.1, -0.05) is 143 Å². The number of nitrogens with zero attached hydrogens (tertiary/aromatic N) is 2. The van der Waals surface area contributed by atoms with Gasteiger partial charge in [0.2, 0.25) is 53.2 Å². The molecule has 77 heavy (non-hydrogen) atoms. The molecule has 5 rings (SSSR count). The van der Waals surface area contributed by atoms with Gasteiger partial charge in [0.05, 0.1) is 0 Å². The molecular formula is C59H89N9O9. The summed E-state index contributed by atoms with van der Waals surface area (Å²) in [5.41, 5.74) is 1.69. The number of fused-ring (bicyclic) bond motifs is 2. The molecule has 9 amide bonds. The third kappa shape index (κ3) is 17.6. The van der Waals surface area contributed by atoms with E-state index in [1.54, 1.807) is 13.8 Å². The van der Waals surface area contributed by atoms with E-state index in [1.165, 1.54) is 9.80 Å². The highest BCUT2D eigenvalue weighted by Gasteiger charge is 2.45. The second kappa shape index (κ2) is 29.4. The molecule has 3 aliphatic rings. The molecule has 11 atom stereocenters. The summed E-state index contributed by atoms with van der Waals surface area (Å²) in [6.07, 6.45) is 3.73. The first kappa shape index (κ1) is 61.5. The Morgan fingerprint density at radius 3 is 1.42 bits per heavy atom. The van der Waals surface area contributed by atoms with Crippen LogP contribution in [-0.2, 0) is 56.0 Å². The number of rotatable bonds is 13. The summed E-state index contributed by atoms with van der Waals surface area (Å²) >= 11 is 0. The summed E-state index contributed by atoms with van der Waals surface area (Å²) in [4.78, 5) is 133. The highest BCUT2D eigenvalue weighted by atomic mass is 16.2. The minimum Gasteiger partial charge on any atom is -0.351 e. The summed E-state index contributed by atoms with van der Waals surface area (Å²) in [6.45, 7) is 19.2. The third-order valence-electron chi connectivity index (χ3n) is 15.5. The van der Waals surface area contributed by atoms with Crippen molar-refractivity contribution in [2.24, 2.45) is 29.6 Å². The summed E-state index contributed by atoms with van der Waals surface area (Å²) in [5, 5.41) is 20.7. The molecule has 0 bridgehead atoms. The molecule has 3 saturated heterocycles. The van der Waals surface area contributed by atoms with Crippen LogP contribution < -0.4 is 37.2 Å². The topological polar surface area (TPSA) is 244 Å². The second-order valence-corrected chi connectivity index (χ2v) is 23.0. The molecule has 0 spiro atoms. The van der Waals surface area contributed by atoms with Gasteiger partial charge in [-0.2, -0.15) is 0 Å². The first-order valence-electron chi connectivity index (χ1n) is 28.4. The highest BCUT2D eigenvalue weighted by Crippen LogP contribution is 2.27. The lowest BCUT2D eigenvalue weighted by atomic mass is 9.93. The molecule has 3 heterocycles. The predicted molar refractivity (Wildman–Crippen MR) is 295 cm³/mol. The van der Waals surface area contributed by atoms with Crippen molar-refractivity contribution in [2.45, 2.75) is 201 Å². The minimum atomic E-state index is -1.12. The monoisotopic (exact) mass is 1070 g/mol. The van der Waals surface area contributed by atoms with Crippen LogP contribution in [0.3, 0.4) is 0 Å². The zero-order valence-corrected chi connectivity index (χ0v) is 47.3. The van der Waals surface area contributed by atoms with Crippen molar-refractivity contribution in [2.75, 3.05) is 13.1 Å². The first-order valence-corrected chi connectivity index (χ1v) is 28.4. The summed E-state index contributed by atoms with van der Waals surface area (Å²) in [5.74, 6) is -6.00. The number of hydrogen-bond donors (Lipinski definition) is 7. The zero-order valence-electron chi connectivity index (χ0n) is 47.3. The average molecular weight is 1070 g/mol. The molecule has 3 fully saturated rings. The van der Waals surface area contributed by atoms with Gasteiger partial charge < -0.3 is 47.0 Å². The summed E-state index contributed by atoms with van der Waals surface area (Å²) < 4.78 is 0. The van der Waals surface area contributed by atoms with Crippen molar-refractivity contribution in [3.8, 4) is 0 Å². The van der Waals surface area contributed by atoms with Gasteiger partial charge in [-0.3, -0.25) is 43.2 Å². The van der Waals surface area contributed by atoms with Crippen molar-refractivity contribution >= 4 is 53.2 Å². The lowest BCUT2D eigenvalue weighted by Crippen LogP contribution is -2.62. The Bertz CT molecular complexity index is 2330. The van der Waals surface area contributed by atoms with Crippen LogP contribution in [0.25, 0.3) is 0 Å². The van der Waals surface area contributed by atoms with Crippen molar-refractivity contribution in [1.29, 1.82) is 0 Å². The van der Waals surface area contributed by atoms with Gasteiger partial charge in [0.15, 0.2) is 0 Å². The largest absolute Gasteiger partial charge is 0.351 e. The molecular weight excluding hydrogens is 979 g/mol. The Labute approximate surface area is 456 Å². The average Bonchev–Trinajstić information content (AvgIpc) is 4.11. The van der Waals surface area contributed by atoms with Gasteiger partial charge in [0.1, 0.15) is 48.3 Å². The standard InChI is InChI=1S/C59H89N9O9/c1-11-38(9)50-56(74)63-44(32-36(5)6)54(72)64-49(37(7)8)59(77)68-30-20-26-47(68)58(76)67-29-19-25-46(67)55(73)62-45(34-41-23-17-14-18-24-41)52(70)60-42(33-40-21-15-13-16-22-40)27-28-48(69)61-43(31-35(3)4)53(71)65-51(39(10)12-2)57(75)66-50/h13-18,21-24,35-39,42-47,49-51H,11-12,19-20,25-34H2,1-10H3,(H,60,70)(H,61,69)(H,62,73)(H,63,74)(H,64,72)(H,65,71)(H,66,75)/t38-,39-,42-,43-,44?,45?,46+,47-,49-,50-,51?/m0/s1. The van der Waals surface area contributed by atoms with Crippen LogP contribution >= 0.6 is 0 Å². The normalized spacial score (nSPS) is 27.2. The van der Waals surface area contributed by atoms with Crippen molar-refractivity contribution < 1.29 is 43.2 Å². The molecule has 0 saturated carbocycles. The lowest BCUT2D eigenvalue weighted by Gasteiger charge is -2.35. The Morgan fingerprint density at radius 1 is 0.455 bits per heavy atom. The fourth-order valence-corrected chi connectivity index (χ4v) is 10.6. The predicted octanol–water partition coefficient (Wildman–Crippen LogP) is 4.48. The van der Waals surface area contributed by atoms with Gasteiger partial charge in [-0.25, -0.2) is 0 Å². The summed E-state index contributed by atoms with van der Waals surface area (Å²) in [6, 6.07) is 9.84. The van der Waals surface area contributed by atoms with Crippen LogP contribution in [-0.4, -0.2) is 130 Å². The lowest BCUT2D eigenvalue weighted by molar-refractivity contribution is -0.148. The van der Waals surface area contributed by atoms with E-state index in [-0.39, 0.29) is 62.9 Å². The van der Waals surface area contributed by atoms with Crippen molar-refractivity contribution in [3.05, 3.63) is 71.8 Å². The molecule has 3 unspecified atom stereocenters. The van der Waals surface area contributed by atoms with E-state index in [1.807, 2.05) is 116 Å². The quantitative estimate of drug-likeness (QED) is 0.149. The molecule has 424 valence electrons. The van der Waals surface area contributed by atoms with E-state index in [0.29, 0.717) is 44.9 Å². The molecule has 2 aromatic rings. The van der Waals surface area contributed by atoms with Crippen LogP contribution in [0.4, 0.5) is 0 Å². The molecule has 7 N–H and O–H groups in total. The number of nitrogens with one attached hydrogen (secondary N) is 7. The van der Waals surface area contributed by atoms with Gasteiger partial charge in [0.25, 0.3) is 0 Å². The van der Waals surface area contributed by atoms with Crippen molar-refractivity contribution in [1.82, 2.24) is 47.0 Å². The molecule has 3 aliphatic heterocycles. The zero-order chi connectivity index (χ0) is 56.5. The smallest absolute Gasteiger partial charge is 0.246 e. The maximum absolute atomic E-state index is 14.7. The van der Waals surface area contributed by atoms with Crippen LogP contribution in [0.2, 0.25) is 0 Å². The number of carbonyl (C=O) groups excluding carboxylic acids is 9. The number of amides is 9. The molecule has 18 nitrogen and oxygen atoms in total. The van der Waals surface area contributed by atoms with Crippen LogP contribution in [0.15, 0.2) is 60.7 Å². The Balaban J connectivity index is 1.55. The SMILES string of the molecule is CC[C@H](C)C1NC(=O)[C@H](CC(C)C)NC(=O)CC[C@@H](Cc2ccccc2)NC(=O)C(Cc2ccccc2)NC(=O)[C@H]2CCCN2C(=O)[C@@H]2CCCN2C(=O)[C@H](C(C)C)NC(=O)C(CC(C)C)NC(=O)[C@H]([C@@H](C)CC)NC1=O. The molecule has 0 aromatic heterocycles.